The average molecular weight is 248 g/mol. The Balaban J connectivity index is 2.86. The van der Waals surface area contributed by atoms with Crippen LogP contribution in [0.3, 0.4) is 0 Å². The Kier molecular flexibility index (Phi) is 6.81. The molecular weight excluding hydrogens is 220 g/mol. The Morgan fingerprint density at radius 2 is 1.89 bits per heavy atom. The van der Waals surface area contributed by atoms with E-state index in [9.17, 15) is 0 Å². The lowest BCUT2D eigenvalue weighted by Gasteiger charge is -2.26. The lowest BCUT2D eigenvalue weighted by molar-refractivity contribution is 0.671. The molecule has 0 aliphatic heterocycles. The lowest BCUT2D eigenvalue weighted by Crippen LogP contribution is -2.26. The van der Waals surface area contributed by atoms with Crippen molar-refractivity contribution in [2.75, 3.05) is 24.5 Å². The summed E-state index contributed by atoms with van der Waals surface area (Å²) in [4.78, 5) is 2.47. The fourth-order valence-corrected chi connectivity index (χ4v) is 2.28. The van der Waals surface area contributed by atoms with Crippen molar-refractivity contribution >= 4 is 5.69 Å². The van der Waals surface area contributed by atoms with E-state index in [2.05, 4.69) is 56.1 Å². The van der Waals surface area contributed by atoms with Gasteiger partial charge >= 0.3 is 0 Å². The molecule has 102 valence electrons. The first-order valence-corrected chi connectivity index (χ1v) is 7.28. The monoisotopic (exact) mass is 248 g/mol. The molecule has 1 aromatic rings. The van der Waals surface area contributed by atoms with Crippen LogP contribution < -0.4 is 10.2 Å². The van der Waals surface area contributed by atoms with Gasteiger partial charge in [-0.1, -0.05) is 31.5 Å². The summed E-state index contributed by atoms with van der Waals surface area (Å²) in [5.74, 6) is 0. The van der Waals surface area contributed by atoms with Crippen molar-refractivity contribution in [3.05, 3.63) is 29.3 Å². The normalized spacial score (nSPS) is 10.7. The van der Waals surface area contributed by atoms with Gasteiger partial charge in [0.15, 0.2) is 0 Å². The van der Waals surface area contributed by atoms with Crippen LogP contribution in [0.4, 0.5) is 5.69 Å². The second kappa shape index (κ2) is 8.15. The highest BCUT2D eigenvalue weighted by atomic mass is 15.1. The van der Waals surface area contributed by atoms with Crippen molar-refractivity contribution in [1.29, 1.82) is 0 Å². The number of hydrogen-bond acceptors (Lipinski definition) is 2. The molecule has 0 aliphatic carbocycles. The van der Waals surface area contributed by atoms with E-state index in [1.165, 1.54) is 29.7 Å². The van der Waals surface area contributed by atoms with Gasteiger partial charge in [0.25, 0.3) is 0 Å². The Bertz CT molecular complexity index is 347. The summed E-state index contributed by atoms with van der Waals surface area (Å²) < 4.78 is 0. The van der Waals surface area contributed by atoms with Crippen molar-refractivity contribution < 1.29 is 0 Å². The van der Waals surface area contributed by atoms with Gasteiger partial charge in [-0.3, -0.25) is 0 Å². The van der Waals surface area contributed by atoms with E-state index in [4.69, 9.17) is 0 Å². The molecule has 2 nitrogen and oxygen atoms in total. The minimum absolute atomic E-state index is 0.977. The number of nitrogens with zero attached hydrogens (tertiary/aromatic N) is 1. The Labute approximate surface area is 112 Å². The van der Waals surface area contributed by atoms with E-state index in [0.29, 0.717) is 0 Å². The van der Waals surface area contributed by atoms with Gasteiger partial charge in [-0.05, 0) is 44.9 Å². The standard InChI is InChI=1S/C16H28N2/c1-5-10-17-13-15-12-14(4)8-9-16(15)18(7-3)11-6-2/h8-9,12,17H,5-7,10-11,13H2,1-4H3. The number of nitrogens with one attached hydrogen (secondary N) is 1. The van der Waals surface area contributed by atoms with Gasteiger partial charge in [-0.25, -0.2) is 0 Å². The molecule has 0 radical (unpaired) electrons. The highest BCUT2D eigenvalue weighted by Gasteiger charge is 2.08. The predicted molar refractivity (Wildman–Crippen MR) is 81.4 cm³/mol. The molecule has 1 aromatic carbocycles. The van der Waals surface area contributed by atoms with Crippen LogP contribution in [-0.4, -0.2) is 19.6 Å². The third kappa shape index (κ3) is 4.34. The van der Waals surface area contributed by atoms with Crippen LogP contribution >= 0.6 is 0 Å². The quantitative estimate of drug-likeness (QED) is 0.705. The zero-order valence-electron chi connectivity index (χ0n) is 12.4. The second-order valence-corrected chi connectivity index (χ2v) is 4.89. The van der Waals surface area contributed by atoms with E-state index in [1.54, 1.807) is 0 Å². The van der Waals surface area contributed by atoms with Crippen molar-refractivity contribution in [2.45, 2.75) is 47.1 Å². The van der Waals surface area contributed by atoms with E-state index in [-0.39, 0.29) is 0 Å². The van der Waals surface area contributed by atoms with E-state index in [1.807, 2.05) is 0 Å². The fourth-order valence-electron chi connectivity index (χ4n) is 2.28. The molecule has 0 bridgehead atoms. The Morgan fingerprint density at radius 3 is 2.50 bits per heavy atom. The minimum atomic E-state index is 0.977. The van der Waals surface area contributed by atoms with E-state index < -0.39 is 0 Å². The van der Waals surface area contributed by atoms with Gasteiger partial charge in [-0.15, -0.1) is 0 Å². The van der Waals surface area contributed by atoms with E-state index in [0.717, 1.165) is 26.2 Å². The summed E-state index contributed by atoms with van der Waals surface area (Å²) in [7, 11) is 0. The third-order valence-corrected chi connectivity index (χ3v) is 3.19. The van der Waals surface area contributed by atoms with Crippen molar-refractivity contribution in [2.24, 2.45) is 0 Å². The third-order valence-electron chi connectivity index (χ3n) is 3.19. The van der Waals surface area contributed by atoms with Gasteiger partial charge < -0.3 is 10.2 Å². The summed E-state index contributed by atoms with van der Waals surface area (Å²) in [6.45, 7) is 13.1. The average Bonchev–Trinajstić information content (AvgIpc) is 2.37. The van der Waals surface area contributed by atoms with Crippen LogP contribution in [0.5, 0.6) is 0 Å². The van der Waals surface area contributed by atoms with Crippen molar-refractivity contribution in [1.82, 2.24) is 5.32 Å². The molecule has 0 amide bonds. The van der Waals surface area contributed by atoms with Gasteiger partial charge in [0.2, 0.25) is 0 Å². The zero-order valence-corrected chi connectivity index (χ0v) is 12.4. The smallest absolute Gasteiger partial charge is 0.0411 e. The maximum absolute atomic E-state index is 3.51. The molecule has 0 atom stereocenters. The molecule has 0 saturated carbocycles. The second-order valence-electron chi connectivity index (χ2n) is 4.89. The van der Waals surface area contributed by atoms with Crippen LogP contribution in [0.15, 0.2) is 18.2 Å². The van der Waals surface area contributed by atoms with Crippen LogP contribution in [0.2, 0.25) is 0 Å². The highest BCUT2D eigenvalue weighted by molar-refractivity contribution is 5.55. The van der Waals surface area contributed by atoms with Crippen molar-refractivity contribution in [3.63, 3.8) is 0 Å². The molecule has 0 saturated heterocycles. The molecule has 0 unspecified atom stereocenters. The number of rotatable bonds is 8. The summed E-state index contributed by atoms with van der Waals surface area (Å²) in [5, 5.41) is 3.51. The predicted octanol–water partition coefficient (Wildman–Crippen LogP) is 3.73. The molecule has 0 aliphatic rings. The van der Waals surface area contributed by atoms with E-state index >= 15 is 0 Å². The molecule has 0 heterocycles. The molecule has 1 N–H and O–H groups in total. The van der Waals surface area contributed by atoms with Gasteiger partial charge in [0, 0.05) is 25.3 Å². The van der Waals surface area contributed by atoms with Crippen molar-refractivity contribution in [3.8, 4) is 0 Å². The van der Waals surface area contributed by atoms with Crippen LogP contribution in [-0.2, 0) is 6.54 Å². The van der Waals surface area contributed by atoms with Gasteiger partial charge in [0.05, 0.1) is 0 Å². The summed E-state index contributed by atoms with van der Waals surface area (Å²) in [5.41, 5.74) is 4.17. The summed E-state index contributed by atoms with van der Waals surface area (Å²) in [6.07, 6.45) is 2.39. The topological polar surface area (TPSA) is 15.3 Å². The lowest BCUT2D eigenvalue weighted by atomic mass is 10.1. The number of aryl methyl sites for hydroxylation is 1. The molecule has 1 rings (SSSR count). The summed E-state index contributed by atoms with van der Waals surface area (Å²) in [6, 6.07) is 6.81. The molecule has 2 heteroatoms. The molecule has 0 aromatic heterocycles. The Hall–Kier alpha value is -1.02. The zero-order chi connectivity index (χ0) is 13.4. The first-order valence-electron chi connectivity index (χ1n) is 7.28. The minimum Gasteiger partial charge on any atom is -0.372 e. The Morgan fingerprint density at radius 1 is 1.11 bits per heavy atom. The largest absolute Gasteiger partial charge is 0.372 e. The maximum atomic E-state index is 3.51. The highest BCUT2D eigenvalue weighted by Crippen LogP contribution is 2.22. The number of benzene rings is 1. The first-order chi connectivity index (χ1) is 8.72. The van der Waals surface area contributed by atoms with Crippen LogP contribution in [0, 0.1) is 6.92 Å². The van der Waals surface area contributed by atoms with Gasteiger partial charge in [0.1, 0.15) is 0 Å². The molecule has 0 fully saturated rings. The molecular formula is C16H28N2. The number of anilines is 1. The van der Waals surface area contributed by atoms with Gasteiger partial charge in [-0.2, -0.15) is 0 Å². The fraction of sp³-hybridized carbons (Fsp3) is 0.625. The summed E-state index contributed by atoms with van der Waals surface area (Å²) >= 11 is 0. The van der Waals surface area contributed by atoms with Crippen LogP contribution in [0.25, 0.3) is 0 Å². The van der Waals surface area contributed by atoms with Crippen LogP contribution in [0.1, 0.15) is 44.7 Å². The SMILES string of the molecule is CCCNCc1cc(C)ccc1N(CC)CCC. The molecule has 0 spiro atoms. The molecule has 18 heavy (non-hydrogen) atoms. The number of hydrogen-bond donors (Lipinski definition) is 1. The first kappa shape index (κ1) is 15.0. The maximum Gasteiger partial charge on any atom is 0.0411 e.